The van der Waals surface area contributed by atoms with E-state index < -0.39 is 0 Å². The summed E-state index contributed by atoms with van der Waals surface area (Å²) >= 11 is 0. The molecule has 2 amide bonds. The van der Waals surface area contributed by atoms with Crippen LogP contribution in [-0.4, -0.2) is 54.3 Å². The fourth-order valence-corrected chi connectivity index (χ4v) is 1.46. The molecule has 1 rings (SSSR count). The van der Waals surface area contributed by atoms with E-state index >= 15 is 0 Å². The number of rotatable bonds is 2. The lowest BCUT2D eigenvalue weighted by molar-refractivity contribution is -0.137. The van der Waals surface area contributed by atoms with Crippen LogP contribution in [0.15, 0.2) is 5.11 Å². The van der Waals surface area contributed by atoms with Gasteiger partial charge in [-0.2, -0.15) is 0 Å². The first-order chi connectivity index (χ1) is 7.15. The zero-order chi connectivity index (χ0) is 11.3. The second kappa shape index (κ2) is 5.21. The highest BCUT2D eigenvalue weighted by molar-refractivity contribution is 5.79. The largest absolute Gasteiger partial charge is 0.339 e. The monoisotopic (exact) mass is 211 g/mol. The first kappa shape index (κ1) is 11.3. The van der Waals surface area contributed by atoms with E-state index in [1.165, 1.54) is 6.92 Å². The number of carbonyl (C=O) groups excluding carboxylic acids is 2. The number of hydrogen-bond donors (Lipinski definition) is 0. The van der Waals surface area contributed by atoms with E-state index in [1.807, 2.05) is 0 Å². The molecule has 1 aliphatic rings. The Kier molecular flexibility index (Phi) is 3.93. The molecule has 0 aromatic rings. The van der Waals surface area contributed by atoms with Gasteiger partial charge < -0.3 is 9.80 Å². The van der Waals surface area contributed by atoms with Crippen LogP contribution in [0, 0.1) is 0 Å². The molecule has 0 aliphatic carbocycles. The average Bonchev–Trinajstić information content (AvgIpc) is 2.26. The van der Waals surface area contributed by atoms with E-state index in [0.717, 1.165) is 0 Å². The van der Waals surface area contributed by atoms with Gasteiger partial charge in [0.15, 0.2) is 0 Å². The summed E-state index contributed by atoms with van der Waals surface area (Å²) in [7, 11) is 0. The number of piperazine rings is 1. The summed E-state index contributed by atoms with van der Waals surface area (Å²) in [6.45, 7) is 3.50. The third-order valence-electron chi connectivity index (χ3n) is 2.35. The third kappa shape index (κ3) is 3.14. The van der Waals surface area contributed by atoms with Crippen LogP contribution in [0.4, 0.5) is 0 Å². The van der Waals surface area contributed by atoms with Crippen LogP contribution in [0.2, 0.25) is 0 Å². The van der Waals surface area contributed by atoms with Gasteiger partial charge in [0.25, 0.3) is 0 Å². The lowest BCUT2D eigenvalue weighted by Crippen LogP contribution is -2.50. The molecule has 0 aromatic heterocycles. The first-order valence-corrected chi connectivity index (χ1v) is 4.69. The maximum atomic E-state index is 11.4. The Hall–Kier alpha value is -1.75. The zero-order valence-electron chi connectivity index (χ0n) is 8.59. The Morgan fingerprint density at radius 2 is 1.80 bits per heavy atom. The molecule has 0 unspecified atom stereocenters. The van der Waals surface area contributed by atoms with Crippen molar-refractivity contribution < 1.29 is 9.59 Å². The van der Waals surface area contributed by atoms with Crippen molar-refractivity contribution in [2.75, 3.05) is 32.7 Å². The predicted molar refractivity (Wildman–Crippen MR) is 52.8 cm³/mol. The quantitative estimate of drug-likeness (QED) is 0.365. The first-order valence-electron chi connectivity index (χ1n) is 4.69. The van der Waals surface area contributed by atoms with Crippen molar-refractivity contribution in [1.82, 2.24) is 9.80 Å². The molecule has 0 atom stereocenters. The SMILES string of the molecule is CC(=O)N1CCN(C(=O)CN=[N+]=[N-])CC1. The minimum Gasteiger partial charge on any atom is -0.339 e. The Morgan fingerprint density at radius 3 is 2.27 bits per heavy atom. The standard InChI is InChI=1S/C8H13N5O2/c1-7(14)12-2-4-13(5-3-12)8(15)6-10-11-9/h2-6H2,1H3. The van der Waals surface area contributed by atoms with Crippen molar-refractivity contribution in [2.45, 2.75) is 6.92 Å². The van der Waals surface area contributed by atoms with Gasteiger partial charge in [-0.3, -0.25) is 9.59 Å². The molecule has 0 N–H and O–H groups in total. The molecule has 0 saturated carbocycles. The van der Waals surface area contributed by atoms with Gasteiger partial charge in [0.1, 0.15) is 6.54 Å². The minimum absolute atomic E-state index is 0.0251. The van der Waals surface area contributed by atoms with Crippen molar-refractivity contribution in [3.8, 4) is 0 Å². The van der Waals surface area contributed by atoms with Crippen molar-refractivity contribution in [3.63, 3.8) is 0 Å². The van der Waals surface area contributed by atoms with Crippen molar-refractivity contribution in [1.29, 1.82) is 0 Å². The number of azide groups is 1. The van der Waals surface area contributed by atoms with Crippen LogP contribution in [0.25, 0.3) is 10.4 Å². The zero-order valence-corrected chi connectivity index (χ0v) is 8.59. The average molecular weight is 211 g/mol. The number of hydrogen-bond acceptors (Lipinski definition) is 3. The van der Waals surface area contributed by atoms with E-state index in [2.05, 4.69) is 10.0 Å². The molecular weight excluding hydrogens is 198 g/mol. The van der Waals surface area contributed by atoms with Crippen LogP contribution in [0.5, 0.6) is 0 Å². The molecule has 82 valence electrons. The highest BCUT2D eigenvalue weighted by Gasteiger charge is 2.21. The van der Waals surface area contributed by atoms with Gasteiger partial charge in [-0.15, -0.1) is 0 Å². The topological polar surface area (TPSA) is 89.4 Å². The summed E-state index contributed by atoms with van der Waals surface area (Å²) in [6.07, 6.45) is 0. The highest BCUT2D eigenvalue weighted by atomic mass is 16.2. The van der Waals surface area contributed by atoms with Gasteiger partial charge in [-0.05, 0) is 5.53 Å². The van der Waals surface area contributed by atoms with Gasteiger partial charge in [0.05, 0.1) is 0 Å². The molecule has 7 nitrogen and oxygen atoms in total. The molecule has 7 heteroatoms. The molecule has 1 aliphatic heterocycles. The van der Waals surface area contributed by atoms with E-state index in [9.17, 15) is 9.59 Å². The number of carbonyl (C=O) groups is 2. The Labute approximate surface area is 87.3 Å². The van der Waals surface area contributed by atoms with Gasteiger partial charge >= 0.3 is 0 Å². The highest BCUT2D eigenvalue weighted by Crippen LogP contribution is 2.02. The molecule has 1 saturated heterocycles. The van der Waals surface area contributed by atoms with Crippen LogP contribution in [0.1, 0.15) is 6.92 Å². The molecule has 0 bridgehead atoms. The van der Waals surface area contributed by atoms with Gasteiger partial charge in [0.2, 0.25) is 11.8 Å². The maximum absolute atomic E-state index is 11.4. The molecule has 1 fully saturated rings. The summed E-state index contributed by atoms with van der Waals surface area (Å²) in [5, 5.41) is 3.21. The fourth-order valence-electron chi connectivity index (χ4n) is 1.46. The normalized spacial score (nSPS) is 15.8. The van der Waals surface area contributed by atoms with Gasteiger partial charge in [0, 0.05) is 38.0 Å². The second-order valence-electron chi connectivity index (χ2n) is 3.28. The molecule has 0 aromatic carbocycles. The van der Waals surface area contributed by atoms with E-state index in [4.69, 9.17) is 5.53 Å². The fraction of sp³-hybridized carbons (Fsp3) is 0.750. The van der Waals surface area contributed by atoms with Crippen molar-refractivity contribution in [3.05, 3.63) is 10.4 Å². The molecule has 0 radical (unpaired) electrons. The van der Waals surface area contributed by atoms with Crippen molar-refractivity contribution >= 4 is 11.8 Å². The smallest absolute Gasteiger partial charge is 0.228 e. The predicted octanol–water partition coefficient (Wildman–Crippen LogP) is -0.0126. The second-order valence-corrected chi connectivity index (χ2v) is 3.28. The van der Waals surface area contributed by atoms with E-state index in [-0.39, 0.29) is 18.4 Å². The Bertz CT molecular complexity index is 302. The molecule has 1 heterocycles. The van der Waals surface area contributed by atoms with Gasteiger partial charge in [-0.25, -0.2) is 0 Å². The summed E-state index contributed by atoms with van der Waals surface area (Å²) in [5.74, 6) is -0.159. The Balaban J connectivity index is 2.39. The van der Waals surface area contributed by atoms with Crippen molar-refractivity contribution in [2.24, 2.45) is 5.11 Å². The van der Waals surface area contributed by atoms with Crippen LogP contribution in [-0.2, 0) is 9.59 Å². The van der Waals surface area contributed by atoms with Crippen LogP contribution < -0.4 is 0 Å². The lowest BCUT2D eigenvalue weighted by Gasteiger charge is -2.33. The van der Waals surface area contributed by atoms with Gasteiger partial charge in [-0.1, -0.05) is 5.11 Å². The lowest BCUT2D eigenvalue weighted by atomic mass is 10.3. The minimum atomic E-state index is -0.184. The van der Waals surface area contributed by atoms with E-state index in [0.29, 0.717) is 26.2 Å². The molecule has 15 heavy (non-hydrogen) atoms. The maximum Gasteiger partial charge on any atom is 0.228 e. The summed E-state index contributed by atoms with van der Waals surface area (Å²) in [4.78, 5) is 28.2. The van der Waals surface area contributed by atoms with Crippen LogP contribution in [0.3, 0.4) is 0 Å². The molecule has 0 spiro atoms. The summed E-state index contributed by atoms with van der Waals surface area (Å²) in [6, 6.07) is 0. The third-order valence-corrected chi connectivity index (χ3v) is 2.35. The number of amides is 2. The van der Waals surface area contributed by atoms with E-state index in [1.54, 1.807) is 9.80 Å². The molecular formula is C8H13N5O2. The Morgan fingerprint density at radius 1 is 1.27 bits per heavy atom. The number of nitrogens with zero attached hydrogens (tertiary/aromatic N) is 5. The summed E-state index contributed by atoms with van der Waals surface area (Å²) < 4.78 is 0. The van der Waals surface area contributed by atoms with Crippen LogP contribution >= 0.6 is 0 Å². The summed E-state index contributed by atoms with van der Waals surface area (Å²) in [5.41, 5.74) is 8.06.